The zero-order valence-corrected chi connectivity index (χ0v) is 8.30. The van der Waals surface area contributed by atoms with Crippen molar-refractivity contribution in [2.45, 2.75) is 33.1 Å². The lowest BCUT2D eigenvalue weighted by atomic mass is 10.4. The van der Waals surface area contributed by atoms with Gasteiger partial charge in [0.1, 0.15) is 6.73 Å². The van der Waals surface area contributed by atoms with E-state index >= 15 is 0 Å². The second kappa shape index (κ2) is 7.10. The Bertz CT molecular complexity index is 126. The first-order chi connectivity index (χ1) is 5.72. The Morgan fingerprint density at radius 2 is 2.08 bits per heavy atom. The molecule has 0 saturated carbocycles. The third-order valence-corrected chi connectivity index (χ3v) is 1.66. The summed E-state index contributed by atoms with van der Waals surface area (Å²) in [7, 11) is 1.76. The van der Waals surface area contributed by atoms with Gasteiger partial charge in [-0.1, -0.05) is 20.3 Å². The van der Waals surface area contributed by atoms with E-state index in [0.717, 1.165) is 19.4 Å². The Morgan fingerprint density at radius 1 is 1.42 bits per heavy atom. The van der Waals surface area contributed by atoms with Crippen molar-refractivity contribution in [2.24, 2.45) is 0 Å². The number of ether oxygens (including phenoxy) is 1. The van der Waals surface area contributed by atoms with Gasteiger partial charge in [0.05, 0.1) is 0 Å². The smallest absolute Gasteiger partial charge is 0.223 e. The van der Waals surface area contributed by atoms with Crippen LogP contribution in [0.25, 0.3) is 0 Å². The second-order valence-corrected chi connectivity index (χ2v) is 2.84. The summed E-state index contributed by atoms with van der Waals surface area (Å²) in [5.74, 6) is 0.131. The zero-order chi connectivity index (χ0) is 9.40. The van der Waals surface area contributed by atoms with Crippen LogP contribution in [0.2, 0.25) is 0 Å². The minimum absolute atomic E-state index is 0.131. The highest BCUT2D eigenvalue weighted by atomic mass is 16.5. The molecule has 3 nitrogen and oxygen atoms in total. The van der Waals surface area contributed by atoms with Crippen LogP contribution in [-0.4, -0.2) is 31.2 Å². The third-order valence-electron chi connectivity index (χ3n) is 1.66. The first-order valence-corrected chi connectivity index (χ1v) is 4.54. The molecule has 0 heterocycles. The molecular formula is C9H19NO2. The fraction of sp³-hybridized carbons (Fsp3) is 0.889. The van der Waals surface area contributed by atoms with Crippen molar-refractivity contribution < 1.29 is 9.53 Å². The molecule has 0 aliphatic heterocycles. The van der Waals surface area contributed by atoms with E-state index in [9.17, 15) is 4.79 Å². The van der Waals surface area contributed by atoms with Crippen LogP contribution in [0.3, 0.4) is 0 Å². The Morgan fingerprint density at radius 3 is 2.58 bits per heavy atom. The molecule has 0 unspecified atom stereocenters. The molecule has 0 fully saturated rings. The SMILES string of the molecule is CCCCOCN(C)C(=O)CC. The lowest BCUT2D eigenvalue weighted by molar-refractivity contribution is -0.134. The fourth-order valence-electron chi connectivity index (χ4n) is 0.790. The Hall–Kier alpha value is -0.570. The van der Waals surface area contributed by atoms with Gasteiger partial charge in [-0.05, 0) is 6.42 Å². The molecule has 0 aromatic heterocycles. The monoisotopic (exact) mass is 173 g/mol. The quantitative estimate of drug-likeness (QED) is 0.451. The normalized spacial score (nSPS) is 9.92. The largest absolute Gasteiger partial charge is 0.361 e. The van der Waals surface area contributed by atoms with E-state index < -0.39 is 0 Å². The molecule has 0 atom stereocenters. The van der Waals surface area contributed by atoms with Crippen molar-refractivity contribution in [3.63, 3.8) is 0 Å². The molecule has 3 heteroatoms. The number of hydrogen-bond donors (Lipinski definition) is 0. The van der Waals surface area contributed by atoms with Gasteiger partial charge in [-0.3, -0.25) is 4.79 Å². The van der Waals surface area contributed by atoms with Crippen LogP contribution in [0.15, 0.2) is 0 Å². The lowest BCUT2D eigenvalue weighted by Crippen LogP contribution is -2.28. The summed E-state index contributed by atoms with van der Waals surface area (Å²) in [5.41, 5.74) is 0. The molecule has 0 aliphatic carbocycles. The number of hydrogen-bond acceptors (Lipinski definition) is 2. The predicted octanol–water partition coefficient (Wildman–Crippen LogP) is 1.63. The van der Waals surface area contributed by atoms with E-state index in [1.807, 2.05) is 6.92 Å². The molecular weight excluding hydrogens is 154 g/mol. The number of unbranched alkanes of at least 4 members (excludes halogenated alkanes) is 1. The summed E-state index contributed by atoms with van der Waals surface area (Å²) in [5, 5.41) is 0. The molecule has 72 valence electrons. The summed E-state index contributed by atoms with van der Waals surface area (Å²) in [4.78, 5) is 12.6. The summed E-state index contributed by atoms with van der Waals surface area (Å²) < 4.78 is 5.26. The van der Waals surface area contributed by atoms with Gasteiger partial charge in [0.15, 0.2) is 0 Å². The van der Waals surface area contributed by atoms with Crippen LogP contribution in [0.5, 0.6) is 0 Å². The molecule has 1 amide bonds. The van der Waals surface area contributed by atoms with Gasteiger partial charge < -0.3 is 9.64 Å². The van der Waals surface area contributed by atoms with Gasteiger partial charge in [-0.15, -0.1) is 0 Å². The molecule has 0 aromatic carbocycles. The number of rotatable bonds is 6. The van der Waals surface area contributed by atoms with Crippen molar-refractivity contribution >= 4 is 5.91 Å². The average molecular weight is 173 g/mol. The summed E-state index contributed by atoms with van der Waals surface area (Å²) in [6.07, 6.45) is 2.74. The van der Waals surface area contributed by atoms with Crippen LogP contribution in [0.1, 0.15) is 33.1 Å². The maximum Gasteiger partial charge on any atom is 0.223 e. The Balaban J connectivity index is 3.31. The highest BCUT2D eigenvalue weighted by molar-refractivity contribution is 5.75. The van der Waals surface area contributed by atoms with Crippen LogP contribution < -0.4 is 0 Å². The molecule has 0 saturated heterocycles. The Kier molecular flexibility index (Phi) is 6.76. The van der Waals surface area contributed by atoms with E-state index in [1.54, 1.807) is 11.9 Å². The topological polar surface area (TPSA) is 29.5 Å². The predicted molar refractivity (Wildman–Crippen MR) is 48.8 cm³/mol. The molecule has 0 spiro atoms. The first kappa shape index (κ1) is 11.4. The highest BCUT2D eigenvalue weighted by Crippen LogP contribution is 1.92. The van der Waals surface area contributed by atoms with E-state index in [2.05, 4.69) is 6.92 Å². The maximum absolute atomic E-state index is 11.0. The van der Waals surface area contributed by atoms with Gasteiger partial charge in [-0.2, -0.15) is 0 Å². The standard InChI is InChI=1S/C9H19NO2/c1-4-6-7-12-8-10(3)9(11)5-2/h4-8H2,1-3H3. The van der Waals surface area contributed by atoms with E-state index in [1.165, 1.54) is 0 Å². The third kappa shape index (κ3) is 5.13. The number of carbonyl (C=O) groups is 1. The molecule has 0 bridgehead atoms. The summed E-state index contributed by atoms with van der Waals surface area (Å²) >= 11 is 0. The minimum atomic E-state index is 0.131. The number of amides is 1. The van der Waals surface area contributed by atoms with Crippen molar-refractivity contribution in [3.05, 3.63) is 0 Å². The van der Waals surface area contributed by atoms with Crippen LogP contribution >= 0.6 is 0 Å². The zero-order valence-electron chi connectivity index (χ0n) is 8.30. The molecule has 0 radical (unpaired) electrons. The first-order valence-electron chi connectivity index (χ1n) is 4.54. The van der Waals surface area contributed by atoms with E-state index in [-0.39, 0.29) is 5.91 Å². The van der Waals surface area contributed by atoms with Gasteiger partial charge in [0, 0.05) is 20.1 Å². The summed E-state index contributed by atoms with van der Waals surface area (Å²) in [6, 6.07) is 0. The van der Waals surface area contributed by atoms with E-state index in [4.69, 9.17) is 4.74 Å². The molecule has 0 aromatic rings. The van der Waals surface area contributed by atoms with Crippen LogP contribution in [0, 0.1) is 0 Å². The second-order valence-electron chi connectivity index (χ2n) is 2.84. The van der Waals surface area contributed by atoms with Crippen molar-refractivity contribution in [1.29, 1.82) is 0 Å². The van der Waals surface area contributed by atoms with Crippen molar-refractivity contribution in [2.75, 3.05) is 20.4 Å². The number of carbonyl (C=O) groups excluding carboxylic acids is 1. The van der Waals surface area contributed by atoms with Crippen molar-refractivity contribution in [1.82, 2.24) is 4.90 Å². The van der Waals surface area contributed by atoms with Gasteiger partial charge in [0.2, 0.25) is 5.91 Å². The number of nitrogens with zero attached hydrogens (tertiary/aromatic N) is 1. The molecule has 0 aliphatic rings. The fourth-order valence-corrected chi connectivity index (χ4v) is 0.790. The van der Waals surface area contributed by atoms with Crippen LogP contribution in [0.4, 0.5) is 0 Å². The van der Waals surface area contributed by atoms with Gasteiger partial charge in [-0.25, -0.2) is 0 Å². The van der Waals surface area contributed by atoms with Crippen molar-refractivity contribution in [3.8, 4) is 0 Å². The summed E-state index contributed by atoms with van der Waals surface area (Å²) in [6.45, 7) is 5.14. The molecule has 0 N–H and O–H groups in total. The Labute approximate surface area is 74.7 Å². The molecule has 12 heavy (non-hydrogen) atoms. The molecule has 0 rings (SSSR count). The highest BCUT2D eigenvalue weighted by Gasteiger charge is 2.03. The van der Waals surface area contributed by atoms with E-state index in [0.29, 0.717) is 13.2 Å². The van der Waals surface area contributed by atoms with Crippen LogP contribution in [-0.2, 0) is 9.53 Å². The average Bonchev–Trinajstić information content (AvgIpc) is 2.10. The lowest BCUT2D eigenvalue weighted by Gasteiger charge is -2.15. The van der Waals surface area contributed by atoms with Gasteiger partial charge in [0.25, 0.3) is 0 Å². The minimum Gasteiger partial charge on any atom is -0.361 e. The van der Waals surface area contributed by atoms with Gasteiger partial charge >= 0.3 is 0 Å². The maximum atomic E-state index is 11.0.